The summed E-state index contributed by atoms with van der Waals surface area (Å²) in [7, 11) is 0. The van der Waals surface area contributed by atoms with Gasteiger partial charge in [0.15, 0.2) is 5.58 Å². The smallest absolute Gasteiger partial charge is 0.228 e. The number of oxazole rings is 1. The van der Waals surface area contributed by atoms with E-state index in [1.54, 1.807) is 0 Å². The molecule has 0 bridgehead atoms. The van der Waals surface area contributed by atoms with Crippen molar-refractivity contribution in [3.63, 3.8) is 0 Å². The highest BCUT2D eigenvalue weighted by Gasteiger charge is 2.20. The Labute approximate surface area is 282 Å². The highest BCUT2D eigenvalue weighted by molar-refractivity contribution is 6.13. The van der Waals surface area contributed by atoms with Gasteiger partial charge in [-0.05, 0) is 87.9 Å². The Kier molecular flexibility index (Phi) is 6.15. The fourth-order valence-corrected chi connectivity index (χ4v) is 7.22. The van der Waals surface area contributed by atoms with E-state index in [2.05, 4.69) is 144 Å². The van der Waals surface area contributed by atoms with E-state index in [0.717, 1.165) is 72.0 Å². The Bertz CT molecular complexity index is 2840. The molecule has 4 heteroatoms. The largest absolute Gasteiger partial charge is 0.456 e. The van der Waals surface area contributed by atoms with E-state index in [0.29, 0.717) is 5.89 Å². The number of para-hydroxylation sites is 1. The molecular formula is C45H28N2O2. The molecule has 0 fully saturated rings. The predicted octanol–water partition coefficient (Wildman–Crippen LogP) is 12.8. The van der Waals surface area contributed by atoms with Gasteiger partial charge in [0, 0.05) is 38.8 Å². The van der Waals surface area contributed by atoms with Crippen molar-refractivity contribution < 1.29 is 8.83 Å². The summed E-state index contributed by atoms with van der Waals surface area (Å²) in [6.07, 6.45) is 0. The molecule has 10 aromatic rings. The monoisotopic (exact) mass is 628 g/mol. The number of benzene rings is 8. The molecule has 230 valence electrons. The number of rotatable bonds is 5. The summed E-state index contributed by atoms with van der Waals surface area (Å²) in [5, 5.41) is 6.65. The number of hydrogen-bond donors (Lipinski definition) is 0. The van der Waals surface area contributed by atoms with Gasteiger partial charge in [-0.15, -0.1) is 0 Å². The summed E-state index contributed by atoms with van der Waals surface area (Å²) in [5.41, 5.74) is 9.65. The van der Waals surface area contributed by atoms with Gasteiger partial charge in [-0.3, -0.25) is 0 Å². The molecule has 0 radical (unpaired) electrons. The second-order valence-corrected chi connectivity index (χ2v) is 12.4. The van der Waals surface area contributed by atoms with Crippen LogP contribution in [0.3, 0.4) is 0 Å². The van der Waals surface area contributed by atoms with Crippen molar-refractivity contribution in [1.82, 2.24) is 4.98 Å². The maximum absolute atomic E-state index is 6.43. The van der Waals surface area contributed by atoms with Gasteiger partial charge in [0.25, 0.3) is 0 Å². The lowest BCUT2D eigenvalue weighted by atomic mass is 9.97. The van der Waals surface area contributed by atoms with Crippen LogP contribution in [0.1, 0.15) is 0 Å². The maximum Gasteiger partial charge on any atom is 0.228 e. The van der Waals surface area contributed by atoms with Gasteiger partial charge >= 0.3 is 0 Å². The van der Waals surface area contributed by atoms with Crippen LogP contribution in [-0.4, -0.2) is 4.98 Å². The van der Waals surface area contributed by atoms with Crippen molar-refractivity contribution in [2.45, 2.75) is 0 Å². The first-order valence-corrected chi connectivity index (χ1v) is 16.5. The third-order valence-corrected chi connectivity index (χ3v) is 9.47. The van der Waals surface area contributed by atoms with Crippen LogP contribution in [0.4, 0.5) is 17.1 Å². The Balaban J connectivity index is 1.16. The minimum Gasteiger partial charge on any atom is -0.456 e. The zero-order chi connectivity index (χ0) is 32.3. The minimum atomic E-state index is 0.577. The van der Waals surface area contributed by atoms with Crippen LogP contribution in [0.25, 0.3) is 77.2 Å². The van der Waals surface area contributed by atoms with Gasteiger partial charge in [-0.2, -0.15) is 0 Å². The lowest BCUT2D eigenvalue weighted by Gasteiger charge is -2.26. The molecule has 4 nitrogen and oxygen atoms in total. The number of fused-ring (bicyclic) bond motifs is 7. The minimum absolute atomic E-state index is 0.577. The first-order chi connectivity index (χ1) is 24.3. The lowest BCUT2D eigenvalue weighted by molar-refractivity contribution is 0.620. The summed E-state index contributed by atoms with van der Waals surface area (Å²) in [5.74, 6) is 0.577. The molecule has 0 atom stereocenters. The molecule has 2 aromatic heterocycles. The van der Waals surface area contributed by atoms with E-state index in [9.17, 15) is 0 Å². The third-order valence-electron chi connectivity index (χ3n) is 9.47. The first-order valence-electron chi connectivity index (χ1n) is 16.5. The predicted molar refractivity (Wildman–Crippen MR) is 202 cm³/mol. The summed E-state index contributed by atoms with van der Waals surface area (Å²) in [6, 6.07) is 59.2. The Morgan fingerprint density at radius 3 is 1.98 bits per heavy atom. The van der Waals surface area contributed by atoms with Crippen LogP contribution < -0.4 is 4.90 Å². The van der Waals surface area contributed by atoms with Gasteiger partial charge in [0.05, 0.1) is 0 Å². The topological polar surface area (TPSA) is 42.4 Å². The molecule has 8 aromatic carbocycles. The molecule has 10 rings (SSSR count). The zero-order valence-electron chi connectivity index (χ0n) is 26.4. The van der Waals surface area contributed by atoms with Crippen LogP contribution in [0.2, 0.25) is 0 Å². The molecule has 0 aliphatic heterocycles. The van der Waals surface area contributed by atoms with Crippen molar-refractivity contribution in [3.8, 4) is 22.6 Å². The second-order valence-electron chi connectivity index (χ2n) is 12.4. The SMILES string of the molecule is c1ccc(N(c2cccc(-c3cccc4ccccc34)c2)c2ccc3oc4cccc(-c5nc6c(ccc7ccccc76)o5)c4c3c2)cc1. The number of hydrogen-bond acceptors (Lipinski definition) is 4. The molecule has 0 saturated carbocycles. The molecule has 49 heavy (non-hydrogen) atoms. The molecule has 0 aliphatic rings. The molecule has 0 unspecified atom stereocenters. The van der Waals surface area contributed by atoms with Crippen LogP contribution in [0.15, 0.2) is 179 Å². The maximum atomic E-state index is 6.43. The second kappa shape index (κ2) is 11.0. The fraction of sp³-hybridized carbons (Fsp3) is 0. The summed E-state index contributed by atoms with van der Waals surface area (Å²) in [4.78, 5) is 7.35. The number of aromatic nitrogens is 1. The highest BCUT2D eigenvalue weighted by Crippen LogP contribution is 2.43. The van der Waals surface area contributed by atoms with Gasteiger partial charge < -0.3 is 13.7 Å². The van der Waals surface area contributed by atoms with Crippen LogP contribution in [0, 0.1) is 0 Å². The fourth-order valence-electron chi connectivity index (χ4n) is 7.22. The van der Waals surface area contributed by atoms with Gasteiger partial charge in [0.1, 0.15) is 16.7 Å². The average molecular weight is 629 g/mol. The van der Waals surface area contributed by atoms with E-state index in [1.807, 2.05) is 30.3 Å². The summed E-state index contributed by atoms with van der Waals surface area (Å²) in [6.45, 7) is 0. The van der Waals surface area contributed by atoms with Gasteiger partial charge in [-0.25, -0.2) is 4.98 Å². The average Bonchev–Trinajstić information content (AvgIpc) is 3.77. The number of furan rings is 1. The van der Waals surface area contributed by atoms with E-state index in [4.69, 9.17) is 13.8 Å². The molecule has 0 aliphatic carbocycles. The normalized spacial score (nSPS) is 11.7. The van der Waals surface area contributed by atoms with Crippen LogP contribution >= 0.6 is 0 Å². The van der Waals surface area contributed by atoms with E-state index in [-0.39, 0.29) is 0 Å². The molecule has 2 heterocycles. The van der Waals surface area contributed by atoms with Crippen LogP contribution in [0.5, 0.6) is 0 Å². The third kappa shape index (κ3) is 4.49. The number of anilines is 3. The van der Waals surface area contributed by atoms with Crippen molar-refractivity contribution in [2.75, 3.05) is 4.90 Å². The van der Waals surface area contributed by atoms with E-state index < -0.39 is 0 Å². The Morgan fingerprint density at radius 2 is 1.08 bits per heavy atom. The van der Waals surface area contributed by atoms with Crippen molar-refractivity contribution >= 4 is 71.6 Å². The van der Waals surface area contributed by atoms with Crippen molar-refractivity contribution in [1.29, 1.82) is 0 Å². The quantitative estimate of drug-likeness (QED) is 0.190. The molecule has 0 saturated heterocycles. The molecule has 0 amide bonds. The Hall–Kier alpha value is -6.65. The van der Waals surface area contributed by atoms with Gasteiger partial charge in [-0.1, -0.05) is 109 Å². The molecule has 0 N–H and O–H groups in total. The van der Waals surface area contributed by atoms with E-state index in [1.165, 1.54) is 16.3 Å². The number of nitrogens with zero attached hydrogens (tertiary/aromatic N) is 2. The highest BCUT2D eigenvalue weighted by atomic mass is 16.3. The van der Waals surface area contributed by atoms with Gasteiger partial charge in [0.2, 0.25) is 5.89 Å². The Morgan fingerprint density at radius 1 is 0.408 bits per heavy atom. The summed E-state index contributed by atoms with van der Waals surface area (Å²) >= 11 is 0. The first kappa shape index (κ1) is 27.5. The van der Waals surface area contributed by atoms with Crippen molar-refractivity contribution in [3.05, 3.63) is 170 Å². The zero-order valence-corrected chi connectivity index (χ0v) is 26.4. The molecule has 0 spiro atoms. The molecular weight excluding hydrogens is 601 g/mol. The lowest BCUT2D eigenvalue weighted by Crippen LogP contribution is -2.09. The van der Waals surface area contributed by atoms with E-state index >= 15 is 0 Å². The summed E-state index contributed by atoms with van der Waals surface area (Å²) < 4.78 is 12.9. The van der Waals surface area contributed by atoms with Crippen LogP contribution in [-0.2, 0) is 0 Å². The standard InChI is InChI=1S/C45H28N2O2/c1-2-15-32(16-3-1)47(33-17-8-14-31(27-33)36-20-9-13-29-11-4-6-18-35(29)36)34-24-26-40-39(28-34)43-38(21-10-22-41(43)48-40)45-46-44-37-19-7-5-12-30(37)23-25-42(44)49-45/h1-28H. The van der Waals surface area contributed by atoms with Crippen molar-refractivity contribution in [2.24, 2.45) is 0 Å².